The second kappa shape index (κ2) is 9.44. The van der Waals surface area contributed by atoms with Crippen molar-refractivity contribution >= 4 is 54.3 Å². The minimum absolute atomic E-state index is 0.00981. The molecule has 0 bridgehead atoms. The Hall–Kier alpha value is -5.66. The summed E-state index contributed by atoms with van der Waals surface area (Å²) in [5, 5.41) is 4.22. The highest BCUT2D eigenvalue weighted by Gasteiger charge is 2.20. The van der Waals surface area contributed by atoms with E-state index in [1.807, 2.05) is 91.0 Å². The van der Waals surface area contributed by atoms with E-state index in [1.54, 1.807) is 0 Å². The van der Waals surface area contributed by atoms with Crippen molar-refractivity contribution in [2.24, 2.45) is 0 Å². The molecule has 1 heteroatoms. The minimum Gasteiger partial charge on any atom is -0.455 e. The first kappa shape index (κ1) is 15.5. The van der Waals surface area contributed by atoms with Gasteiger partial charge in [-0.3, -0.25) is 0 Å². The van der Waals surface area contributed by atoms with Crippen LogP contribution in [0.3, 0.4) is 0 Å². The summed E-state index contributed by atoms with van der Waals surface area (Å²) in [6.07, 6.45) is 0. The predicted octanol–water partition coefficient (Wildman–Crippen LogP) is 12.0. The summed E-state index contributed by atoms with van der Waals surface area (Å²) >= 11 is 0. The molecule has 9 rings (SSSR count). The van der Waals surface area contributed by atoms with Crippen LogP contribution in [-0.2, 0) is 0 Å². The fourth-order valence-corrected chi connectivity index (χ4v) is 6.19. The molecule has 1 heterocycles. The van der Waals surface area contributed by atoms with Gasteiger partial charge in [-0.2, -0.15) is 0 Å². The van der Waals surface area contributed by atoms with Crippen LogP contribution in [0.4, 0.5) is 0 Å². The smallest absolute Gasteiger partial charge is 0.143 e. The number of rotatable bonds is 3. The number of furan rings is 1. The van der Waals surface area contributed by atoms with Gasteiger partial charge in [0.1, 0.15) is 11.2 Å². The normalized spacial score (nSPS) is 15.3. The molecule has 0 atom stereocenters. The van der Waals surface area contributed by atoms with E-state index in [2.05, 4.69) is 0 Å². The summed E-state index contributed by atoms with van der Waals surface area (Å²) in [4.78, 5) is 0. The summed E-state index contributed by atoms with van der Waals surface area (Å²) in [5.41, 5.74) is 2.92. The molecule has 0 spiro atoms. The first-order chi connectivity index (χ1) is 25.9. The predicted molar refractivity (Wildman–Crippen MR) is 183 cm³/mol. The summed E-state index contributed by atoms with van der Waals surface area (Å²) in [5.74, 6) is 0. The van der Waals surface area contributed by atoms with Gasteiger partial charge in [0, 0.05) is 21.9 Å². The van der Waals surface area contributed by atoms with Crippen LogP contribution in [0.1, 0.15) is 15.1 Å². The van der Waals surface area contributed by atoms with E-state index in [-0.39, 0.29) is 27.5 Å². The van der Waals surface area contributed by atoms with Gasteiger partial charge in [0.25, 0.3) is 0 Å². The van der Waals surface area contributed by atoms with Crippen LogP contribution in [0.15, 0.2) is 162 Å². The van der Waals surface area contributed by atoms with Gasteiger partial charge in [-0.05, 0) is 60.6 Å². The van der Waals surface area contributed by atoms with Crippen LogP contribution < -0.4 is 0 Å². The molecule has 8 aromatic carbocycles. The standard InChI is InChI=1S/C42H26O/c1-2-13-30-27(11-1)12-9-19-31(30)28-23-25-29(26-24-28)40-33-15-3-5-17-35(33)41(36-18-6-4-16-34(36)40)38-21-10-20-37-32-14-7-8-22-39(32)43-42(37)38/h1-26H/i1D,2D,9D,11D,12D,13D,19D,23D,24D,25D,26D. The quantitative estimate of drug-likeness (QED) is 0.197. The van der Waals surface area contributed by atoms with Gasteiger partial charge >= 0.3 is 0 Å². The third-order valence-electron chi connectivity index (χ3n) is 8.04. The number of para-hydroxylation sites is 2. The molecule has 0 aliphatic heterocycles. The molecule has 0 fully saturated rings. The van der Waals surface area contributed by atoms with E-state index >= 15 is 0 Å². The van der Waals surface area contributed by atoms with Crippen molar-refractivity contribution in [2.45, 2.75) is 0 Å². The zero-order valence-electron chi connectivity index (χ0n) is 33.6. The van der Waals surface area contributed by atoms with Crippen molar-refractivity contribution in [3.63, 3.8) is 0 Å². The SMILES string of the molecule is [2H]c1c([2H])c(-c2c([2H])c([2H])c([2H])c3c([2H])c([2H])c([2H])c([2H])c23)c([2H])c([2H])c1-c1c2ccccc2c(-c2cccc3c2oc2ccccc23)c2ccccc12. The van der Waals surface area contributed by atoms with Crippen molar-refractivity contribution in [1.82, 2.24) is 0 Å². The maximum absolute atomic E-state index is 9.44. The molecule has 200 valence electrons. The van der Waals surface area contributed by atoms with E-state index in [9.17, 15) is 5.48 Å². The van der Waals surface area contributed by atoms with Crippen molar-refractivity contribution in [2.75, 3.05) is 0 Å². The Labute approximate surface area is 264 Å². The monoisotopic (exact) mass is 557 g/mol. The van der Waals surface area contributed by atoms with Crippen LogP contribution in [0.5, 0.6) is 0 Å². The largest absolute Gasteiger partial charge is 0.455 e. The molecule has 1 aromatic heterocycles. The third kappa shape index (κ3) is 3.65. The zero-order valence-corrected chi connectivity index (χ0v) is 22.6. The number of fused-ring (bicyclic) bond motifs is 6. The van der Waals surface area contributed by atoms with Crippen LogP contribution >= 0.6 is 0 Å². The Balaban J connectivity index is 1.40. The summed E-state index contributed by atoms with van der Waals surface area (Å²) in [6.45, 7) is 0. The molecule has 0 aliphatic carbocycles. The average Bonchev–Trinajstić information content (AvgIpc) is 3.57. The Bertz CT molecular complexity index is 3040. The zero-order chi connectivity index (χ0) is 37.9. The van der Waals surface area contributed by atoms with Crippen molar-refractivity contribution in [3.8, 4) is 33.4 Å². The Morgan fingerprint density at radius 3 is 1.72 bits per heavy atom. The fourth-order valence-electron chi connectivity index (χ4n) is 6.19. The van der Waals surface area contributed by atoms with Crippen LogP contribution in [-0.4, -0.2) is 0 Å². The summed E-state index contributed by atoms with van der Waals surface area (Å²) < 4.78 is 104. The molecule has 0 aliphatic rings. The Kier molecular flexibility index (Phi) is 3.41. The van der Waals surface area contributed by atoms with E-state index in [0.29, 0.717) is 21.9 Å². The third-order valence-corrected chi connectivity index (χ3v) is 8.04. The molecule has 0 saturated carbocycles. The molecule has 1 nitrogen and oxygen atoms in total. The van der Waals surface area contributed by atoms with Crippen molar-refractivity contribution in [1.29, 1.82) is 0 Å². The van der Waals surface area contributed by atoms with Gasteiger partial charge in [-0.25, -0.2) is 0 Å². The highest BCUT2D eigenvalue weighted by molar-refractivity contribution is 6.24. The van der Waals surface area contributed by atoms with E-state index in [4.69, 9.17) is 14.0 Å². The molecule has 0 amide bonds. The highest BCUT2D eigenvalue weighted by Crippen LogP contribution is 2.46. The van der Waals surface area contributed by atoms with Crippen molar-refractivity contribution in [3.05, 3.63) is 157 Å². The maximum Gasteiger partial charge on any atom is 0.143 e. The van der Waals surface area contributed by atoms with Crippen molar-refractivity contribution < 1.29 is 19.5 Å². The minimum atomic E-state index is -0.657. The van der Waals surface area contributed by atoms with Gasteiger partial charge in [0.15, 0.2) is 0 Å². The molecule has 0 unspecified atom stereocenters. The summed E-state index contributed by atoms with van der Waals surface area (Å²) in [7, 11) is 0. The Morgan fingerprint density at radius 1 is 0.395 bits per heavy atom. The lowest BCUT2D eigenvalue weighted by Crippen LogP contribution is -1.91. The summed E-state index contributed by atoms with van der Waals surface area (Å²) in [6, 6.07) is 22.7. The first-order valence-corrected chi connectivity index (χ1v) is 13.9. The Morgan fingerprint density at radius 2 is 0.977 bits per heavy atom. The lowest BCUT2D eigenvalue weighted by molar-refractivity contribution is 0.670. The molecule has 0 saturated heterocycles. The van der Waals surface area contributed by atoms with E-state index < -0.39 is 66.5 Å². The van der Waals surface area contributed by atoms with Gasteiger partial charge in [-0.1, -0.05) is 151 Å². The molecular weight excluding hydrogens is 520 g/mol. The van der Waals surface area contributed by atoms with E-state index in [1.165, 1.54) is 0 Å². The molecule has 43 heavy (non-hydrogen) atoms. The average molecular weight is 558 g/mol. The fraction of sp³-hybridized carbons (Fsp3) is 0. The van der Waals surface area contributed by atoms with Gasteiger partial charge in [0.05, 0.1) is 15.1 Å². The lowest BCUT2D eigenvalue weighted by Gasteiger charge is -2.18. The second-order valence-electron chi connectivity index (χ2n) is 10.4. The topological polar surface area (TPSA) is 13.1 Å². The highest BCUT2D eigenvalue weighted by atomic mass is 16.3. The number of benzene rings is 8. The second-order valence-corrected chi connectivity index (χ2v) is 10.4. The number of hydrogen-bond donors (Lipinski definition) is 0. The van der Waals surface area contributed by atoms with E-state index in [0.717, 1.165) is 38.3 Å². The number of hydrogen-bond acceptors (Lipinski definition) is 1. The maximum atomic E-state index is 9.44. The van der Waals surface area contributed by atoms with Crippen LogP contribution in [0.2, 0.25) is 0 Å². The van der Waals surface area contributed by atoms with Crippen LogP contribution in [0, 0.1) is 0 Å². The first-order valence-electron chi connectivity index (χ1n) is 19.4. The van der Waals surface area contributed by atoms with Gasteiger partial charge < -0.3 is 4.42 Å². The molecule has 0 N–H and O–H groups in total. The molecular formula is C42H26O. The lowest BCUT2D eigenvalue weighted by atomic mass is 9.85. The molecule has 9 aromatic rings. The van der Waals surface area contributed by atoms with Gasteiger partial charge in [0.2, 0.25) is 0 Å². The van der Waals surface area contributed by atoms with Gasteiger partial charge in [-0.15, -0.1) is 0 Å². The van der Waals surface area contributed by atoms with Crippen LogP contribution in [0.25, 0.3) is 87.6 Å². The molecule has 0 radical (unpaired) electrons.